The second-order valence-corrected chi connectivity index (χ2v) is 6.60. The highest BCUT2D eigenvalue weighted by molar-refractivity contribution is 5.60. The van der Waals surface area contributed by atoms with E-state index in [0.29, 0.717) is 31.9 Å². The summed E-state index contributed by atoms with van der Waals surface area (Å²) in [5, 5.41) is 20.1. The van der Waals surface area contributed by atoms with Crippen molar-refractivity contribution in [1.82, 2.24) is 0 Å². The van der Waals surface area contributed by atoms with E-state index < -0.39 is 6.10 Å². The molecule has 1 N–H and O–H groups in total. The highest BCUT2D eigenvalue weighted by atomic mass is 16.5. The van der Waals surface area contributed by atoms with Gasteiger partial charge in [0.2, 0.25) is 0 Å². The Bertz CT molecular complexity index is 773. The van der Waals surface area contributed by atoms with Crippen LogP contribution in [0.5, 0.6) is 0 Å². The number of aliphatic hydroxyl groups excluding tert-OH is 1. The minimum absolute atomic E-state index is 0.577. The van der Waals surface area contributed by atoms with Crippen LogP contribution in [-0.4, -0.2) is 45.6 Å². The molecule has 0 aliphatic carbocycles. The number of ether oxygens (including phenoxy) is 2. The molecule has 2 rings (SSSR count). The van der Waals surface area contributed by atoms with Crippen molar-refractivity contribution in [2.24, 2.45) is 0 Å². The highest BCUT2D eigenvalue weighted by Gasteiger charge is 2.20. The van der Waals surface area contributed by atoms with Gasteiger partial charge < -0.3 is 19.5 Å². The van der Waals surface area contributed by atoms with Gasteiger partial charge in [0.05, 0.1) is 24.8 Å². The van der Waals surface area contributed by atoms with Gasteiger partial charge in [-0.15, -0.1) is 0 Å². The van der Waals surface area contributed by atoms with Crippen molar-refractivity contribution in [2.75, 3.05) is 45.4 Å². The SMILES string of the molecule is COCCN(CCOC)c1cc(C)c(C)cc1C(O)c1ccc(C#N)cc1. The first-order chi connectivity index (χ1) is 13.0. The lowest BCUT2D eigenvalue weighted by atomic mass is 9.94. The fourth-order valence-corrected chi connectivity index (χ4v) is 2.99. The molecule has 0 saturated carbocycles. The molecule has 0 radical (unpaired) electrons. The van der Waals surface area contributed by atoms with E-state index >= 15 is 0 Å². The molecule has 5 nitrogen and oxygen atoms in total. The van der Waals surface area contributed by atoms with Crippen LogP contribution in [0.25, 0.3) is 0 Å². The second kappa shape index (κ2) is 10.1. The number of nitrogens with zero attached hydrogens (tertiary/aromatic N) is 2. The first kappa shape index (κ1) is 20.9. The van der Waals surface area contributed by atoms with Crippen LogP contribution in [0.2, 0.25) is 0 Å². The van der Waals surface area contributed by atoms with E-state index in [2.05, 4.69) is 24.0 Å². The molecule has 0 heterocycles. The Kier molecular flexibility index (Phi) is 7.81. The van der Waals surface area contributed by atoms with E-state index in [1.54, 1.807) is 38.5 Å². The van der Waals surface area contributed by atoms with E-state index in [-0.39, 0.29) is 0 Å². The lowest BCUT2D eigenvalue weighted by Crippen LogP contribution is -2.32. The topological polar surface area (TPSA) is 65.7 Å². The maximum Gasteiger partial charge on any atom is 0.106 e. The summed E-state index contributed by atoms with van der Waals surface area (Å²) >= 11 is 0. The van der Waals surface area contributed by atoms with Crippen LogP contribution < -0.4 is 4.90 Å². The molecule has 144 valence electrons. The predicted molar refractivity (Wildman–Crippen MR) is 107 cm³/mol. The average molecular weight is 368 g/mol. The molecule has 0 bridgehead atoms. The van der Waals surface area contributed by atoms with Crippen molar-refractivity contribution < 1.29 is 14.6 Å². The van der Waals surface area contributed by atoms with E-state index in [1.807, 2.05) is 13.0 Å². The Hall–Kier alpha value is -2.39. The van der Waals surface area contributed by atoms with Crippen molar-refractivity contribution in [3.8, 4) is 6.07 Å². The zero-order valence-electron chi connectivity index (χ0n) is 16.5. The monoisotopic (exact) mass is 368 g/mol. The molecular formula is C22H28N2O3. The van der Waals surface area contributed by atoms with Crippen LogP contribution in [0.3, 0.4) is 0 Å². The van der Waals surface area contributed by atoms with Gasteiger partial charge in [-0.1, -0.05) is 18.2 Å². The lowest BCUT2D eigenvalue weighted by Gasteiger charge is -2.29. The Morgan fingerprint density at radius 1 is 1.00 bits per heavy atom. The molecule has 2 aromatic carbocycles. The highest BCUT2D eigenvalue weighted by Crippen LogP contribution is 2.33. The minimum Gasteiger partial charge on any atom is -0.384 e. The molecule has 0 aliphatic rings. The number of nitriles is 1. The summed E-state index contributed by atoms with van der Waals surface area (Å²) in [5.74, 6) is 0. The number of anilines is 1. The quantitative estimate of drug-likeness (QED) is 0.735. The summed E-state index contributed by atoms with van der Waals surface area (Å²) in [6, 6.07) is 13.3. The van der Waals surface area contributed by atoms with Crippen molar-refractivity contribution in [3.63, 3.8) is 0 Å². The average Bonchev–Trinajstić information content (AvgIpc) is 2.69. The van der Waals surface area contributed by atoms with Crippen LogP contribution in [0.4, 0.5) is 5.69 Å². The summed E-state index contributed by atoms with van der Waals surface area (Å²) in [6.07, 6.45) is -0.778. The maximum atomic E-state index is 11.1. The van der Waals surface area contributed by atoms with E-state index in [0.717, 1.165) is 22.4 Å². The number of aryl methyl sites for hydroxylation is 2. The summed E-state index contributed by atoms with van der Waals surface area (Å²) < 4.78 is 10.5. The summed E-state index contributed by atoms with van der Waals surface area (Å²) in [7, 11) is 3.36. The molecule has 0 aliphatic heterocycles. The van der Waals surface area contributed by atoms with Crippen LogP contribution in [0, 0.1) is 25.2 Å². The molecule has 1 atom stereocenters. The number of methoxy groups -OCH3 is 2. The van der Waals surface area contributed by atoms with E-state index in [9.17, 15) is 5.11 Å². The zero-order valence-corrected chi connectivity index (χ0v) is 16.5. The van der Waals surface area contributed by atoms with Crippen LogP contribution in [0.15, 0.2) is 36.4 Å². The normalized spacial score (nSPS) is 11.9. The Labute approximate surface area is 161 Å². The molecule has 1 unspecified atom stereocenters. The third kappa shape index (κ3) is 5.30. The third-order valence-corrected chi connectivity index (χ3v) is 4.76. The van der Waals surface area contributed by atoms with Gasteiger partial charge in [0.1, 0.15) is 6.10 Å². The fraction of sp³-hybridized carbons (Fsp3) is 0.409. The van der Waals surface area contributed by atoms with Gasteiger partial charge >= 0.3 is 0 Å². The molecule has 0 amide bonds. The van der Waals surface area contributed by atoms with Crippen molar-refractivity contribution in [3.05, 3.63) is 64.2 Å². The second-order valence-electron chi connectivity index (χ2n) is 6.60. The summed E-state index contributed by atoms with van der Waals surface area (Å²) in [6.45, 7) is 6.70. The zero-order chi connectivity index (χ0) is 19.8. The van der Waals surface area contributed by atoms with E-state index in [4.69, 9.17) is 14.7 Å². The van der Waals surface area contributed by atoms with Gasteiger partial charge in [0.25, 0.3) is 0 Å². The van der Waals surface area contributed by atoms with Crippen LogP contribution in [0.1, 0.15) is 33.9 Å². The number of hydrogen-bond donors (Lipinski definition) is 1. The molecular weight excluding hydrogens is 340 g/mol. The Morgan fingerprint density at radius 3 is 2.07 bits per heavy atom. The van der Waals surface area contributed by atoms with Crippen LogP contribution in [-0.2, 0) is 9.47 Å². The van der Waals surface area contributed by atoms with Crippen LogP contribution >= 0.6 is 0 Å². The van der Waals surface area contributed by atoms with Gasteiger partial charge in [0.15, 0.2) is 0 Å². The van der Waals surface area contributed by atoms with Crippen molar-refractivity contribution in [1.29, 1.82) is 5.26 Å². The van der Waals surface area contributed by atoms with Crippen molar-refractivity contribution >= 4 is 5.69 Å². The number of aliphatic hydroxyl groups is 1. The predicted octanol–water partition coefficient (Wildman–Crippen LogP) is 3.36. The molecule has 0 fully saturated rings. The molecule has 5 heteroatoms. The smallest absolute Gasteiger partial charge is 0.106 e. The van der Waals surface area contributed by atoms with Crippen molar-refractivity contribution in [2.45, 2.75) is 20.0 Å². The van der Waals surface area contributed by atoms with Gasteiger partial charge in [-0.2, -0.15) is 5.26 Å². The Balaban J connectivity index is 2.46. The molecule has 0 saturated heterocycles. The number of rotatable bonds is 9. The largest absolute Gasteiger partial charge is 0.384 e. The maximum absolute atomic E-state index is 11.1. The number of hydrogen-bond acceptors (Lipinski definition) is 5. The van der Waals surface area contributed by atoms with Gasteiger partial charge in [0, 0.05) is 38.6 Å². The summed E-state index contributed by atoms with van der Waals surface area (Å²) in [5.41, 5.74) is 5.45. The molecule has 2 aromatic rings. The standard InChI is InChI=1S/C22H28N2O3/c1-16-13-20(22(25)19-7-5-18(15-23)6-8-19)21(14-17(16)2)24(9-11-26-3)10-12-27-4/h5-8,13-14,22,25H,9-12H2,1-4H3. The first-order valence-electron chi connectivity index (χ1n) is 9.04. The van der Waals surface area contributed by atoms with Gasteiger partial charge in [-0.3, -0.25) is 0 Å². The minimum atomic E-state index is -0.778. The molecule has 0 spiro atoms. The summed E-state index contributed by atoms with van der Waals surface area (Å²) in [4.78, 5) is 2.18. The molecule has 27 heavy (non-hydrogen) atoms. The first-order valence-corrected chi connectivity index (χ1v) is 9.04. The lowest BCUT2D eigenvalue weighted by molar-refractivity contribution is 0.189. The van der Waals surface area contributed by atoms with E-state index in [1.165, 1.54) is 5.56 Å². The third-order valence-electron chi connectivity index (χ3n) is 4.76. The van der Waals surface area contributed by atoms with Gasteiger partial charge in [-0.05, 0) is 48.7 Å². The molecule has 0 aromatic heterocycles. The fourth-order valence-electron chi connectivity index (χ4n) is 2.99. The number of benzene rings is 2. The van der Waals surface area contributed by atoms with Gasteiger partial charge in [-0.25, -0.2) is 0 Å². The Morgan fingerprint density at radius 2 is 1.56 bits per heavy atom.